The first-order valence-corrected chi connectivity index (χ1v) is 6.80. The molecule has 1 aromatic rings. The van der Waals surface area contributed by atoms with Crippen LogP contribution in [-0.4, -0.2) is 31.3 Å². The van der Waals surface area contributed by atoms with Gasteiger partial charge in [0.1, 0.15) is 5.82 Å². The Balaban J connectivity index is 2.27. The maximum atomic E-state index is 13.4. The van der Waals surface area contributed by atoms with Crippen molar-refractivity contribution in [2.75, 3.05) is 24.6 Å². The number of benzene rings is 1. The Morgan fingerprint density at radius 1 is 1.47 bits per heavy atom. The predicted octanol–water partition coefficient (Wildman–Crippen LogP) is 2.33. The molecular formula is C15H23FN2O. The van der Waals surface area contributed by atoms with Crippen molar-refractivity contribution in [2.45, 2.75) is 38.8 Å². The van der Waals surface area contributed by atoms with Crippen molar-refractivity contribution in [3.05, 3.63) is 29.6 Å². The number of nitrogens with zero attached hydrogens (tertiary/aromatic N) is 1. The van der Waals surface area contributed by atoms with Crippen LogP contribution in [0.2, 0.25) is 0 Å². The van der Waals surface area contributed by atoms with Gasteiger partial charge in [-0.1, -0.05) is 0 Å². The quantitative estimate of drug-likeness (QED) is 0.912. The number of morpholine rings is 1. The summed E-state index contributed by atoms with van der Waals surface area (Å²) in [5.74, 6) is -0.202. The van der Waals surface area contributed by atoms with E-state index in [0.29, 0.717) is 13.0 Å². The molecule has 0 radical (unpaired) electrons. The minimum absolute atomic E-state index is 0.0228. The Hall–Kier alpha value is -1.13. The van der Waals surface area contributed by atoms with Crippen LogP contribution in [0, 0.1) is 5.82 Å². The molecule has 0 aliphatic carbocycles. The molecule has 106 valence electrons. The van der Waals surface area contributed by atoms with E-state index in [1.807, 2.05) is 13.0 Å². The molecule has 4 heteroatoms. The molecule has 3 nitrogen and oxygen atoms in total. The molecule has 1 aliphatic heterocycles. The maximum Gasteiger partial charge on any atom is 0.123 e. The molecule has 1 atom stereocenters. The van der Waals surface area contributed by atoms with E-state index in [9.17, 15) is 4.39 Å². The maximum absolute atomic E-state index is 13.4. The molecule has 1 aliphatic rings. The Morgan fingerprint density at radius 3 is 2.84 bits per heavy atom. The van der Waals surface area contributed by atoms with E-state index in [4.69, 9.17) is 10.5 Å². The van der Waals surface area contributed by atoms with E-state index in [1.54, 1.807) is 6.07 Å². The lowest BCUT2D eigenvalue weighted by atomic mass is 10.0. The molecule has 0 aromatic heterocycles. The third-order valence-electron chi connectivity index (χ3n) is 3.35. The Bertz CT molecular complexity index is 446. The molecule has 0 spiro atoms. The summed E-state index contributed by atoms with van der Waals surface area (Å²) in [6.07, 6.45) is 0.685. The molecule has 1 heterocycles. The molecule has 1 saturated heterocycles. The van der Waals surface area contributed by atoms with Crippen LogP contribution in [0.3, 0.4) is 0 Å². The molecule has 1 unspecified atom stereocenters. The minimum Gasteiger partial charge on any atom is -0.372 e. The van der Waals surface area contributed by atoms with Gasteiger partial charge in [0, 0.05) is 24.8 Å². The van der Waals surface area contributed by atoms with Crippen LogP contribution in [0.25, 0.3) is 0 Å². The second kappa shape index (κ2) is 5.47. The third-order valence-corrected chi connectivity index (χ3v) is 3.35. The normalized spacial score (nSPS) is 20.4. The van der Waals surface area contributed by atoms with Gasteiger partial charge in [0.15, 0.2) is 0 Å². The van der Waals surface area contributed by atoms with E-state index in [1.165, 1.54) is 6.07 Å². The molecule has 19 heavy (non-hydrogen) atoms. The lowest BCUT2D eigenvalue weighted by Crippen LogP contribution is -2.48. The molecule has 0 saturated carbocycles. The Kier molecular flexibility index (Phi) is 4.11. The monoisotopic (exact) mass is 266 g/mol. The summed E-state index contributed by atoms with van der Waals surface area (Å²) in [6, 6.07) is 4.99. The van der Waals surface area contributed by atoms with Crippen molar-refractivity contribution in [3.8, 4) is 0 Å². The van der Waals surface area contributed by atoms with Crippen molar-refractivity contribution >= 4 is 5.69 Å². The third kappa shape index (κ3) is 3.67. The standard InChI is InChI=1S/C15H23FN2O/c1-11(17)8-12-9-13(16)4-5-14(12)18-6-7-19-15(2,3)10-18/h4-5,9,11H,6-8,10,17H2,1-3H3. The summed E-state index contributed by atoms with van der Waals surface area (Å²) in [5.41, 5.74) is 7.75. The summed E-state index contributed by atoms with van der Waals surface area (Å²) < 4.78 is 19.2. The van der Waals surface area contributed by atoms with Crippen molar-refractivity contribution in [3.63, 3.8) is 0 Å². The van der Waals surface area contributed by atoms with Crippen LogP contribution < -0.4 is 10.6 Å². The van der Waals surface area contributed by atoms with Gasteiger partial charge in [0.05, 0.1) is 12.2 Å². The van der Waals surface area contributed by atoms with Gasteiger partial charge < -0.3 is 15.4 Å². The number of ether oxygens (including phenoxy) is 1. The molecule has 0 bridgehead atoms. The van der Waals surface area contributed by atoms with E-state index >= 15 is 0 Å². The van der Waals surface area contributed by atoms with E-state index in [2.05, 4.69) is 18.7 Å². The first-order chi connectivity index (χ1) is 8.87. The average molecular weight is 266 g/mol. The van der Waals surface area contributed by atoms with Gasteiger partial charge in [0.25, 0.3) is 0 Å². The summed E-state index contributed by atoms with van der Waals surface area (Å²) in [6.45, 7) is 8.44. The van der Waals surface area contributed by atoms with Gasteiger partial charge in [0.2, 0.25) is 0 Å². The van der Waals surface area contributed by atoms with E-state index < -0.39 is 0 Å². The fourth-order valence-electron chi connectivity index (χ4n) is 2.60. The zero-order valence-electron chi connectivity index (χ0n) is 11.9. The first-order valence-electron chi connectivity index (χ1n) is 6.80. The predicted molar refractivity (Wildman–Crippen MR) is 76.0 cm³/mol. The summed E-state index contributed by atoms with van der Waals surface area (Å²) in [5, 5.41) is 0. The van der Waals surface area contributed by atoms with Crippen LogP contribution in [0.15, 0.2) is 18.2 Å². The fourth-order valence-corrected chi connectivity index (χ4v) is 2.60. The molecule has 0 amide bonds. The van der Waals surface area contributed by atoms with E-state index in [0.717, 1.165) is 24.3 Å². The number of nitrogens with two attached hydrogens (primary N) is 1. The average Bonchev–Trinajstić information content (AvgIpc) is 2.26. The smallest absolute Gasteiger partial charge is 0.123 e. The second-order valence-electron chi connectivity index (χ2n) is 5.98. The highest BCUT2D eigenvalue weighted by molar-refractivity contribution is 5.54. The topological polar surface area (TPSA) is 38.5 Å². The highest BCUT2D eigenvalue weighted by Gasteiger charge is 2.28. The number of hydrogen-bond acceptors (Lipinski definition) is 3. The highest BCUT2D eigenvalue weighted by atomic mass is 19.1. The molecule has 2 rings (SSSR count). The van der Waals surface area contributed by atoms with Gasteiger partial charge in [-0.15, -0.1) is 0 Å². The van der Waals surface area contributed by atoms with Crippen LogP contribution >= 0.6 is 0 Å². The lowest BCUT2D eigenvalue weighted by Gasteiger charge is -2.40. The van der Waals surface area contributed by atoms with Gasteiger partial charge in [-0.25, -0.2) is 4.39 Å². The van der Waals surface area contributed by atoms with Crippen LogP contribution in [0.5, 0.6) is 0 Å². The zero-order chi connectivity index (χ0) is 14.0. The Morgan fingerprint density at radius 2 is 2.21 bits per heavy atom. The van der Waals surface area contributed by atoms with Crippen molar-refractivity contribution in [1.82, 2.24) is 0 Å². The Labute approximate surface area is 114 Å². The lowest BCUT2D eigenvalue weighted by molar-refractivity contribution is -0.0277. The largest absolute Gasteiger partial charge is 0.372 e. The first kappa shape index (κ1) is 14.3. The van der Waals surface area contributed by atoms with Crippen molar-refractivity contribution < 1.29 is 9.13 Å². The van der Waals surface area contributed by atoms with Crippen molar-refractivity contribution in [1.29, 1.82) is 0 Å². The van der Waals surface area contributed by atoms with E-state index in [-0.39, 0.29) is 17.5 Å². The van der Waals surface area contributed by atoms with Gasteiger partial charge in [-0.3, -0.25) is 0 Å². The van der Waals surface area contributed by atoms with Gasteiger partial charge >= 0.3 is 0 Å². The molecule has 1 fully saturated rings. The number of anilines is 1. The second-order valence-corrected chi connectivity index (χ2v) is 5.98. The summed E-state index contributed by atoms with van der Waals surface area (Å²) >= 11 is 0. The van der Waals surface area contributed by atoms with Crippen molar-refractivity contribution in [2.24, 2.45) is 5.73 Å². The summed E-state index contributed by atoms with van der Waals surface area (Å²) in [7, 11) is 0. The number of hydrogen-bond donors (Lipinski definition) is 1. The summed E-state index contributed by atoms with van der Waals surface area (Å²) in [4.78, 5) is 2.26. The number of rotatable bonds is 3. The zero-order valence-corrected chi connectivity index (χ0v) is 11.9. The van der Waals surface area contributed by atoms with Gasteiger partial charge in [-0.05, 0) is 51.0 Å². The molecule has 1 aromatic carbocycles. The number of halogens is 1. The van der Waals surface area contributed by atoms with Crippen LogP contribution in [-0.2, 0) is 11.2 Å². The molecule has 2 N–H and O–H groups in total. The van der Waals surface area contributed by atoms with Crippen LogP contribution in [0.4, 0.5) is 10.1 Å². The highest BCUT2D eigenvalue weighted by Crippen LogP contribution is 2.27. The van der Waals surface area contributed by atoms with Gasteiger partial charge in [-0.2, -0.15) is 0 Å². The SMILES string of the molecule is CC(N)Cc1cc(F)ccc1N1CCOC(C)(C)C1. The fraction of sp³-hybridized carbons (Fsp3) is 0.600. The minimum atomic E-state index is -0.202. The molecular weight excluding hydrogens is 243 g/mol. The van der Waals surface area contributed by atoms with Crippen LogP contribution in [0.1, 0.15) is 26.3 Å².